The summed E-state index contributed by atoms with van der Waals surface area (Å²) in [5.74, 6) is 0.987. The summed E-state index contributed by atoms with van der Waals surface area (Å²) in [5.41, 5.74) is 2.62. The lowest BCUT2D eigenvalue weighted by Crippen LogP contribution is -2.27. The van der Waals surface area contributed by atoms with Crippen molar-refractivity contribution in [1.29, 1.82) is 0 Å². The summed E-state index contributed by atoms with van der Waals surface area (Å²) in [5, 5.41) is 11.7. The van der Waals surface area contributed by atoms with Crippen LogP contribution in [0.2, 0.25) is 0 Å². The minimum Gasteiger partial charge on any atom is -0.464 e. The second kappa shape index (κ2) is 10.0. The first-order valence-electron chi connectivity index (χ1n) is 10.8. The van der Waals surface area contributed by atoms with E-state index in [9.17, 15) is 4.39 Å². The van der Waals surface area contributed by atoms with Gasteiger partial charge < -0.3 is 19.2 Å². The van der Waals surface area contributed by atoms with Gasteiger partial charge in [0.25, 0.3) is 5.89 Å². The molecular formula is C25H22FN5O3. The minimum absolute atomic E-state index is 0.260. The van der Waals surface area contributed by atoms with Gasteiger partial charge in [-0.1, -0.05) is 35.5 Å². The zero-order chi connectivity index (χ0) is 23.2. The fraction of sp³-hybridized carbons (Fsp3) is 0.160. The Kier molecular flexibility index (Phi) is 6.33. The molecular weight excluding hydrogens is 437 g/mol. The highest BCUT2D eigenvalue weighted by Gasteiger charge is 2.24. The molecule has 1 aliphatic heterocycles. The summed E-state index contributed by atoms with van der Waals surface area (Å²) in [7, 11) is 0. The van der Waals surface area contributed by atoms with E-state index < -0.39 is 0 Å². The Labute approximate surface area is 195 Å². The lowest BCUT2D eigenvalue weighted by molar-refractivity contribution is 0.245. The fourth-order valence-corrected chi connectivity index (χ4v) is 3.59. The highest BCUT2D eigenvalue weighted by molar-refractivity contribution is 5.69. The molecule has 1 aromatic carbocycles. The predicted octanol–water partition coefficient (Wildman–Crippen LogP) is 5.28. The molecule has 1 N–H and O–H groups in total. The lowest BCUT2D eigenvalue weighted by atomic mass is 10.1. The normalized spacial score (nSPS) is 14.6. The van der Waals surface area contributed by atoms with Crippen LogP contribution in [0.15, 0.2) is 95.5 Å². The van der Waals surface area contributed by atoms with E-state index in [1.165, 1.54) is 36.5 Å². The first-order valence-corrected chi connectivity index (χ1v) is 10.8. The average molecular weight is 459 g/mol. The molecule has 1 aliphatic carbocycles. The van der Waals surface area contributed by atoms with Crippen molar-refractivity contribution in [1.82, 2.24) is 15.2 Å². The topological polar surface area (TPSA) is 85.5 Å². The van der Waals surface area contributed by atoms with Gasteiger partial charge in [0, 0.05) is 12.7 Å². The molecule has 5 rings (SSSR count). The number of benzene rings is 1. The summed E-state index contributed by atoms with van der Waals surface area (Å²) in [6, 6.07) is 10.3. The Hall–Kier alpha value is -4.40. The lowest BCUT2D eigenvalue weighted by Gasteiger charge is -2.24. The van der Waals surface area contributed by atoms with E-state index in [0.717, 1.165) is 18.4 Å². The third-order valence-corrected chi connectivity index (χ3v) is 5.25. The van der Waals surface area contributed by atoms with E-state index >= 15 is 0 Å². The van der Waals surface area contributed by atoms with Crippen LogP contribution in [0.5, 0.6) is 0 Å². The number of allylic oxidation sites excluding steroid dienone is 3. The van der Waals surface area contributed by atoms with E-state index in [1.54, 1.807) is 23.2 Å². The molecule has 0 saturated carbocycles. The SMILES string of the molecule is Fc1cccc(CNc2ncccc2-c2nnc(N(CC3=CC=CCC3)C3=COC=CO3)o2)c1. The zero-order valence-electron chi connectivity index (χ0n) is 18.2. The summed E-state index contributed by atoms with van der Waals surface area (Å²) in [4.78, 5) is 6.17. The van der Waals surface area contributed by atoms with E-state index in [1.807, 2.05) is 18.2 Å². The van der Waals surface area contributed by atoms with Gasteiger partial charge in [-0.25, -0.2) is 9.37 Å². The monoisotopic (exact) mass is 459 g/mol. The molecule has 0 atom stereocenters. The second-order valence-electron chi connectivity index (χ2n) is 7.63. The third-order valence-electron chi connectivity index (χ3n) is 5.25. The van der Waals surface area contributed by atoms with E-state index in [0.29, 0.717) is 36.2 Å². The standard InChI is InChI=1S/C25H22FN5O3/c26-20-9-4-8-19(14-20)15-28-23-21(10-5-11-27-23)24-29-30-25(34-24)31(22-17-32-12-13-33-22)16-18-6-2-1-3-7-18/h1-2,4-6,8-14,17H,3,7,15-16H2,(H,27,28). The van der Waals surface area contributed by atoms with Gasteiger partial charge in [0.05, 0.1) is 12.1 Å². The number of hydrogen-bond acceptors (Lipinski definition) is 8. The summed E-state index contributed by atoms with van der Waals surface area (Å²) < 4.78 is 30.5. The predicted molar refractivity (Wildman–Crippen MR) is 124 cm³/mol. The zero-order valence-corrected chi connectivity index (χ0v) is 18.2. The molecule has 0 radical (unpaired) electrons. The van der Waals surface area contributed by atoms with Crippen LogP contribution in [0, 0.1) is 5.82 Å². The van der Waals surface area contributed by atoms with Crippen LogP contribution in [0.1, 0.15) is 18.4 Å². The van der Waals surface area contributed by atoms with Crippen LogP contribution >= 0.6 is 0 Å². The van der Waals surface area contributed by atoms with Crippen LogP contribution in [0.25, 0.3) is 11.5 Å². The number of nitrogens with one attached hydrogen (secondary N) is 1. The van der Waals surface area contributed by atoms with Crippen LogP contribution in [-0.2, 0) is 16.0 Å². The van der Waals surface area contributed by atoms with Gasteiger partial charge in [0.2, 0.25) is 5.88 Å². The molecule has 0 fully saturated rings. The Bertz CT molecular complexity index is 1280. The number of nitrogens with zero attached hydrogens (tertiary/aromatic N) is 4. The molecule has 8 nitrogen and oxygen atoms in total. The summed E-state index contributed by atoms with van der Waals surface area (Å²) in [6.45, 7) is 0.897. The van der Waals surface area contributed by atoms with E-state index in [2.05, 4.69) is 32.7 Å². The van der Waals surface area contributed by atoms with Gasteiger partial charge >= 0.3 is 6.01 Å². The maximum Gasteiger partial charge on any atom is 0.325 e. The van der Waals surface area contributed by atoms with Crippen molar-refractivity contribution in [3.63, 3.8) is 0 Å². The van der Waals surface area contributed by atoms with Crippen molar-refractivity contribution < 1.29 is 18.3 Å². The molecule has 9 heteroatoms. The number of ether oxygens (including phenoxy) is 2. The quantitative estimate of drug-likeness (QED) is 0.487. The highest BCUT2D eigenvalue weighted by atomic mass is 19.1. The van der Waals surface area contributed by atoms with Crippen LogP contribution < -0.4 is 10.2 Å². The Morgan fingerprint density at radius 2 is 2.09 bits per heavy atom. The van der Waals surface area contributed by atoms with Gasteiger partial charge in [0.1, 0.15) is 24.2 Å². The maximum atomic E-state index is 13.5. The van der Waals surface area contributed by atoms with Crippen LogP contribution in [-0.4, -0.2) is 21.7 Å². The van der Waals surface area contributed by atoms with E-state index in [-0.39, 0.29) is 11.8 Å². The largest absolute Gasteiger partial charge is 0.464 e. The molecule has 3 aromatic rings. The molecule has 34 heavy (non-hydrogen) atoms. The van der Waals surface area contributed by atoms with Gasteiger partial charge in [-0.3, -0.25) is 4.90 Å². The summed E-state index contributed by atoms with van der Waals surface area (Å²) >= 11 is 0. The first kappa shape index (κ1) is 21.4. The van der Waals surface area contributed by atoms with Crippen molar-refractivity contribution in [2.75, 3.05) is 16.8 Å². The molecule has 0 bridgehead atoms. The molecule has 3 heterocycles. The van der Waals surface area contributed by atoms with Crippen molar-refractivity contribution in [3.8, 4) is 11.5 Å². The Balaban J connectivity index is 1.40. The molecule has 0 spiro atoms. The van der Waals surface area contributed by atoms with E-state index in [4.69, 9.17) is 13.9 Å². The van der Waals surface area contributed by atoms with Gasteiger partial charge in [0.15, 0.2) is 6.26 Å². The molecule has 2 aromatic heterocycles. The van der Waals surface area contributed by atoms with Crippen molar-refractivity contribution in [2.24, 2.45) is 0 Å². The third kappa shape index (κ3) is 4.98. The minimum atomic E-state index is -0.288. The number of hydrogen-bond donors (Lipinski definition) is 1. The first-order chi connectivity index (χ1) is 16.8. The number of halogens is 1. The maximum absolute atomic E-state index is 13.5. The second-order valence-corrected chi connectivity index (χ2v) is 7.63. The number of aromatic nitrogens is 3. The van der Waals surface area contributed by atoms with Crippen molar-refractivity contribution >= 4 is 11.8 Å². The molecule has 172 valence electrons. The molecule has 0 saturated heterocycles. The molecule has 0 unspecified atom stereocenters. The summed E-state index contributed by atoms with van der Waals surface area (Å²) in [6.07, 6.45) is 14.2. The van der Waals surface area contributed by atoms with Crippen LogP contribution in [0.3, 0.4) is 0 Å². The van der Waals surface area contributed by atoms with Crippen LogP contribution in [0.4, 0.5) is 16.2 Å². The fourth-order valence-electron chi connectivity index (χ4n) is 3.59. The van der Waals surface area contributed by atoms with Gasteiger partial charge in [-0.15, -0.1) is 5.10 Å². The number of pyridine rings is 1. The number of anilines is 2. The van der Waals surface area contributed by atoms with Gasteiger partial charge in [-0.2, -0.15) is 0 Å². The van der Waals surface area contributed by atoms with Crippen molar-refractivity contribution in [2.45, 2.75) is 19.4 Å². The Morgan fingerprint density at radius 1 is 1.12 bits per heavy atom. The van der Waals surface area contributed by atoms with Crippen molar-refractivity contribution in [3.05, 3.63) is 102 Å². The smallest absolute Gasteiger partial charge is 0.325 e. The number of rotatable bonds is 8. The Morgan fingerprint density at radius 3 is 2.91 bits per heavy atom. The average Bonchev–Trinajstić information content (AvgIpc) is 3.37. The van der Waals surface area contributed by atoms with Gasteiger partial charge in [-0.05, 0) is 48.2 Å². The molecule has 0 amide bonds. The molecule has 2 aliphatic rings. The highest BCUT2D eigenvalue weighted by Crippen LogP contribution is 2.30.